The molecule has 1 N–H and O–H groups in total. The molecule has 23 heavy (non-hydrogen) atoms. The smallest absolute Gasteiger partial charge is 0.229 e. The predicted molar refractivity (Wildman–Crippen MR) is 82.4 cm³/mol. The summed E-state index contributed by atoms with van der Waals surface area (Å²) in [5, 5.41) is 11.6. The zero-order chi connectivity index (χ0) is 16.6. The van der Waals surface area contributed by atoms with E-state index in [0.29, 0.717) is 24.7 Å². The van der Waals surface area contributed by atoms with Crippen molar-refractivity contribution in [1.82, 2.24) is 30.1 Å². The molecule has 0 radical (unpaired) electrons. The Bertz CT molecular complexity index is 692. The lowest BCUT2D eigenvalue weighted by molar-refractivity contribution is -0.127. The highest BCUT2D eigenvalue weighted by Crippen LogP contribution is 2.31. The lowest BCUT2D eigenvalue weighted by Crippen LogP contribution is -2.36. The van der Waals surface area contributed by atoms with Gasteiger partial charge in [-0.25, -0.2) is 0 Å². The molecular weight excluding hydrogens is 296 g/mol. The summed E-state index contributed by atoms with van der Waals surface area (Å²) in [6.45, 7) is 4.48. The van der Waals surface area contributed by atoms with Gasteiger partial charge in [0.1, 0.15) is 0 Å². The van der Waals surface area contributed by atoms with E-state index < -0.39 is 0 Å². The zero-order valence-electron chi connectivity index (χ0n) is 13.9. The third-order valence-electron chi connectivity index (χ3n) is 4.25. The van der Waals surface area contributed by atoms with E-state index in [2.05, 4.69) is 20.6 Å². The molecule has 0 saturated carbocycles. The fraction of sp³-hybridized carbons (Fsp3) is 0.600. The molecule has 2 atom stereocenters. The Hall–Kier alpha value is -2.22. The van der Waals surface area contributed by atoms with Crippen molar-refractivity contribution >= 4 is 5.91 Å². The van der Waals surface area contributed by atoms with Crippen LogP contribution in [0.5, 0.6) is 0 Å². The average molecular weight is 318 g/mol. The van der Waals surface area contributed by atoms with E-state index in [-0.39, 0.29) is 23.9 Å². The maximum absolute atomic E-state index is 12.1. The van der Waals surface area contributed by atoms with Crippen LogP contribution in [-0.2, 0) is 18.4 Å². The average Bonchev–Trinajstić information content (AvgIpc) is 3.19. The number of carbonyl (C=O) groups excluding carboxylic acids is 1. The first-order valence-electron chi connectivity index (χ1n) is 7.76. The molecular formula is C15H22N6O2. The lowest BCUT2D eigenvalue weighted by atomic mass is 10.1. The van der Waals surface area contributed by atoms with Gasteiger partial charge in [-0.1, -0.05) is 19.0 Å². The molecule has 2 aromatic heterocycles. The van der Waals surface area contributed by atoms with Crippen molar-refractivity contribution in [2.75, 3.05) is 7.05 Å². The minimum absolute atomic E-state index is 0.0103. The van der Waals surface area contributed by atoms with Crippen molar-refractivity contribution in [3.05, 3.63) is 29.7 Å². The van der Waals surface area contributed by atoms with E-state index in [4.69, 9.17) is 4.52 Å². The number of nitrogens with one attached hydrogen (secondary N) is 1. The SMILES string of the molecule is CC(C)c1nc(CN[C@@H]2CC(=O)N(C)[C@H]2c2ccnn2C)no1. The molecule has 8 heteroatoms. The van der Waals surface area contributed by atoms with Crippen LogP contribution >= 0.6 is 0 Å². The quantitative estimate of drug-likeness (QED) is 0.884. The molecule has 1 fully saturated rings. The van der Waals surface area contributed by atoms with Gasteiger partial charge in [-0.15, -0.1) is 0 Å². The Labute approximate surface area is 134 Å². The molecule has 0 aliphatic carbocycles. The number of aromatic nitrogens is 4. The summed E-state index contributed by atoms with van der Waals surface area (Å²) in [5.74, 6) is 1.56. The number of aryl methyl sites for hydroxylation is 1. The number of likely N-dealkylation sites (N-methyl/N-ethyl adjacent to an activating group) is 1. The zero-order valence-corrected chi connectivity index (χ0v) is 13.9. The highest BCUT2D eigenvalue weighted by molar-refractivity contribution is 5.80. The van der Waals surface area contributed by atoms with Crippen molar-refractivity contribution in [1.29, 1.82) is 0 Å². The van der Waals surface area contributed by atoms with Crippen LogP contribution in [0.1, 0.15) is 49.6 Å². The number of hydrogen-bond donors (Lipinski definition) is 1. The number of hydrogen-bond acceptors (Lipinski definition) is 6. The Balaban J connectivity index is 1.72. The number of rotatable bonds is 5. The van der Waals surface area contributed by atoms with Crippen molar-refractivity contribution in [2.24, 2.45) is 7.05 Å². The summed E-state index contributed by atoms with van der Waals surface area (Å²) in [6.07, 6.45) is 2.19. The molecule has 2 aromatic rings. The molecule has 1 saturated heterocycles. The molecule has 0 unspecified atom stereocenters. The number of likely N-dealkylation sites (tertiary alicyclic amines) is 1. The molecule has 0 spiro atoms. The van der Waals surface area contributed by atoms with Gasteiger partial charge in [0.15, 0.2) is 5.82 Å². The normalized spacial score (nSPS) is 21.6. The second-order valence-corrected chi connectivity index (χ2v) is 6.22. The van der Waals surface area contributed by atoms with E-state index in [1.165, 1.54) is 0 Å². The third kappa shape index (κ3) is 2.98. The standard InChI is InChI=1S/C15H22N6O2/c1-9(2)15-18-12(19-23-15)8-16-10-7-13(22)20(3)14(10)11-5-6-17-21(11)4/h5-6,9-10,14,16H,7-8H2,1-4H3/t10-,14-/m1/s1. The van der Waals surface area contributed by atoms with Gasteiger partial charge >= 0.3 is 0 Å². The number of nitrogens with zero attached hydrogens (tertiary/aromatic N) is 5. The third-order valence-corrected chi connectivity index (χ3v) is 4.25. The Morgan fingerprint density at radius 3 is 2.83 bits per heavy atom. The van der Waals surface area contributed by atoms with Crippen LogP contribution in [0, 0.1) is 0 Å². The van der Waals surface area contributed by atoms with Gasteiger partial charge in [-0.3, -0.25) is 9.48 Å². The largest absolute Gasteiger partial charge is 0.339 e. The Kier molecular flexibility index (Phi) is 4.16. The van der Waals surface area contributed by atoms with Crippen LogP contribution in [-0.4, -0.2) is 43.8 Å². The first kappa shape index (κ1) is 15.7. The maximum atomic E-state index is 12.1. The predicted octanol–water partition coefficient (Wildman–Crippen LogP) is 0.988. The first-order chi connectivity index (χ1) is 11.0. The topological polar surface area (TPSA) is 89.1 Å². The summed E-state index contributed by atoms with van der Waals surface area (Å²) in [4.78, 5) is 18.2. The van der Waals surface area contributed by atoms with Crippen LogP contribution in [0.15, 0.2) is 16.8 Å². The van der Waals surface area contributed by atoms with Gasteiger partial charge in [-0.05, 0) is 6.07 Å². The summed E-state index contributed by atoms with van der Waals surface area (Å²) in [5.41, 5.74) is 1.01. The molecule has 3 heterocycles. The van der Waals surface area contributed by atoms with Crippen molar-refractivity contribution < 1.29 is 9.32 Å². The van der Waals surface area contributed by atoms with Crippen LogP contribution in [0.3, 0.4) is 0 Å². The second-order valence-electron chi connectivity index (χ2n) is 6.22. The summed E-state index contributed by atoms with van der Waals surface area (Å²) in [7, 11) is 3.71. The van der Waals surface area contributed by atoms with Gasteiger partial charge in [0, 0.05) is 38.7 Å². The molecule has 1 amide bonds. The van der Waals surface area contributed by atoms with Crippen LogP contribution in [0.2, 0.25) is 0 Å². The minimum Gasteiger partial charge on any atom is -0.339 e. The maximum Gasteiger partial charge on any atom is 0.229 e. The highest BCUT2D eigenvalue weighted by atomic mass is 16.5. The van der Waals surface area contributed by atoms with Crippen LogP contribution in [0.4, 0.5) is 0 Å². The monoisotopic (exact) mass is 318 g/mol. The van der Waals surface area contributed by atoms with Crippen LogP contribution < -0.4 is 5.32 Å². The Morgan fingerprint density at radius 1 is 1.43 bits per heavy atom. The summed E-state index contributed by atoms with van der Waals surface area (Å²) < 4.78 is 7.01. The Morgan fingerprint density at radius 2 is 2.22 bits per heavy atom. The molecule has 0 bridgehead atoms. The lowest BCUT2D eigenvalue weighted by Gasteiger charge is -2.25. The van der Waals surface area contributed by atoms with Crippen molar-refractivity contribution in [3.8, 4) is 0 Å². The van der Waals surface area contributed by atoms with E-state index >= 15 is 0 Å². The molecule has 3 rings (SSSR count). The van der Waals surface area contributed by atoms with Gasteiger partial charge in [0.25, 0.3) is 0 Å². The summed E-state index contributed by atoms with van der Waals surface area (Å²) in [6, 6.07) is 1.88. The van der Waals surface area contributed by atoms with E-state index in [1.54, 1.807) is 15.8 Å². The molecule has 8 nitrogen and oxygen atoms in total. The highest BCUT2D eigenvalue weighted by Gasteiger charge is 2.39. The molecule has 1 aliphatic rings. The van der Waals surface area contributed by atoms with Crippen molar-refractivity contribution in [3.63, 3.8) is 0 Å². The van der Waals surface area contributed by atoms with E-state index in [0.717, 1.165) is 5.69 Å². The van der Waals surface area contributed by atoms with E-state index in [1.807, 2.05) is 34.0 Å². The number of carbonyl (C=O) groups is 1. The first-order valence-corrected chi connectivity index (χ1v) is 7.76. The molecule has 124 valence electrons. The van der Waals surface area contributed by atoms with Gasteiger partial charge in [0.05, 0.1) is 18.3 Å². The minimum atomic E-state index is -0.0496. The fourth-order valence-corrected chi connectivity index (χ4v) is 2.93. The number of amides is 1. The molecule has 0 aromatic carbocycles. The van der Waals surface area contributed by atoms with Gasteiger partial charge in [0.2, 0.25) is 11.8 Å². The molecule has 1 aliphatic heterocycles. The van der Waals surface area contributed by atoms with Gasteiger partial charge < -0.3 is 14.7 Å². The second kappa shape index (κ2) is 6.11. The van der Waals surface area contributed by atoms with Gasteiger partial charge in [-0.2, -0.15) is 10.1 Å². The van der Waals surface area contributed by atoms with Crippen LogP contribution in [0.25, 0.3) is 0 Å². The van der Waals surface area contributed by atoms with Crippen molar-refractivity contribution in [2.45, 2.75) is 44.8 Å². The fourth-order valence-electron chi connectivity index (χ4n) is 2.93. The summed E-state index contributed by atoms with van der Waals surface area (Å²) >= 11 is 0. The van der Waals surface area contributed by atoms with E-state index in [9.17, 15) is 4.79 Å².